The molecule has 1 aliphatic carbocycles. The summed E-state index contributed by atoms with van der Waals surface area (Å²) in [6.45, 7) is 8.77. The molecule has 0 bridgehead atoms. The maximum Gasteiger partial charge on any atom is 0.239 e. The molecule has 1 atom stereocenters. The molecule has 2 aromatic rings. The molecular weight excluding hydrogens is 523 g/mol. The number of amides is 1. The molecule has 2 heterocycles. The van der Waals surface area contributed by atoms with E-state index in [-0.39, 0.29) is 23.7 Å². The molecule has 9 heteroatoms. The van der Waals surface area contributed by atoms with Crippen molar-refractivity contribution in [3.8, 4) is 0 Å². The topological polar surface area (TPSA) is 73.9 Å². The number of para-hydroxylation sites is 2. The average molecular weight is 558 g/mol. The SMILES string of the molecule is CC1(C)CC(=O)C2=C(C1)Nc1ccccc1N(CC(=O)NCCN1CCOCC1)C2c1ccc(Cl)cc1Cl. The number of Topliss-reactive ketones (excluding diaryl/α,β-unsaturated/α-hetero) is 1. The van der Waals surface area contributed by atoms with Crippen molar-refractivity contribution in [2.75, 3.05) is 56.2 Å². The van der Waals surface area contributed by atoms with Crippen LogP contribution in [0.1, 0.15) is 38.3 Å². The monoisotopic (exact) mass is 556 g/mol. The van der Waals surface area contributed by atoms with E-state index in [2.05, 4.69) is 29.4 Å². The van der Waals surface area contributed by atoms with E-state index in [1.807, 2.05) is 35.2 Å². The molecule has 0 spiro atoms. The van der Waals surface area contributed by atoms with E-state index >= 15 is 0 Å². The molecule has 0 aromatic heterocycles. The van der Waals surface area contributed by atoms with Gasteiger partial charge in [-0.2, -0.15) is 0 Å². The number of carbonyl (C=O) groups is 2. The zero-order chi connectivity index (χ0) is 26.9. The molecule has 202 valence electrons. The van der Waals surface area contributed by atoms with E-state index < -0.39 is 6.04 Å². The number of rotatable bonds is 6. The highest BCUT2D eigenvalue weighted by atomic mass is 35.5. The standard InChI is InChI=1S/C29H34Cl2N4O3/c1-29(2)16-23-27(25(36)17-29)28(20-8-7-19(30)15-21(20)31)35(24-6-4-3-5-22(24)33-23)18-26(37)32-9-10-34-11-13-38-14-12-34/h3-8,15,28,33H,9-14,16-18H2,1-2H3,(H,32,37). The summed E-state index contributed by atoms with van der Waals surface area (Å²) in [7, 11) is 0. The molecule has 0 saturated carbocycles. The van der Waals surface area contributed by atoms with Gasteiger partial charge < -0.3 is 20.3 Å². The zero-order valence-corrected chi connectivity index (χ0v) is 23.4. The van der Waals surface area contributed by atoms with Crippen molar-refractivity contribution in [1.29, 1.82) is 0 Å². The van der Waals surface area contributed by atoms with Crippen LogP contribution >= 0.6 is 23.2 Å². The fourth-order valence-corrected chi connectivity index (χ4v) is 6.17. The Labute approximate surface area is 234 Å². The third-order valence-corrected chi connectivity index (χ3v) is 7.99. The first-order valence-corrected chi connectivity index (χ1v) is 13.9. The lowest BCUT2D eigenvalue weighted by atomic mass is 9.73. The summed E-state index contributed by atoms with van der Waals surface area (Å²) in [6, 6.07) is 12.7. The van der Waals surface area contributed by atoms with Gasteiger partial charge in [-0.1, -0.05) is 55.2 Å². The highest BCUT2D eigenvalue weighted by Crippen LogP contribution is 2.49. The van der Waals surface area contributed by atoms with Crippen LogP contribution in [0.4, 0.5) is 11.4 Å². The molecule has 3 aliphatic rings. The number of nitrogens with zero attached hydrogens (tertiary/aromatic N) is 2. The van der Waals surface area contributed by atoms with Crippen LogP contribution in [0.25, 0.3) is 0 Å². The Morgan fingerprint density at radius 1 is 1.13 bits per heavy atom. The van der Waals surface area contributed by atoms with Crippen molar-refractivity contribution in [1.82, 2.24) is 10.2 Å². The first-order chi connectivity index (χ1) is 18.2. The minimum absolute atomic E-state index is 0.0605. The number of halogens is 2. The van der Waals surface area contributed by atoms with Gasteiger partial charge in [0.1, 0.15) is 0 Å². The van der Waals surface area contributed by atoms with Gasteiger partial charge in [0.25, 0.3) is 0 Å². The van der Waals surface area contributed by atoms with Crippen LogP contribution in [0.15, 0.2) is 53.7 Å². The molecule has 0 radical (unpaired) electrons. The van der Waals surface area contributed by atoms with Crippen LogP contribution in [-0.4, -0.2) is 62.5 Å². The summed E-state index contributed by atoms with van der Waals surface area (Å²) in [5, 5.41) is 7.63. The summed E-state index contributed by atoms with van der Waals surface area (Å²) >= 11 is 13.0. The molecule has 2 N–H and O–H groups in total. The predicted octanol–water partition coefficient (Wildman–Crippen LogP) is 5.06. The highest BCUT2D eigenvalue weighted by Gasteiger charge is 2.42. The van der Waals surface area contributed by atoms with Crippen LogP contribution in [0.5, 0.6) is 0 Å². The van der Waals surface area contributed by atoms with Gasteiger partial charge >= 0.3 is 0 Å². The smallest absolute Gasteiger partial charge is 0.239 e. The summed E-state index contributed by atoms with van der Waals surface area (Å²) in [5.41, 5.74) is 3.80. The van der Waals surface area contributed by atoms with Crippen molar-refractivity contribution >= 4 is 46.3 Å². The molecule has 1 saturated heterocycles. The van der Waals surface area contributed by atoms with Gasteiger partial charge in [0, 0.05) is 53.9 Å². The second-order valence-electron chi connectivity index (χ2n) is 11.0. The lowest BCUT2D eigenvalue weighted by molar-refractivity contribution is -0.120. The molecule has 38 heavy (non-hydrogen) atoms. The number of nitrogens with one attached hydrogen (secondary N) is 2. The number of allylic oxidation sites excluding steroid dienone is 1. The minimum atomic E-state index is -0.542. The fraction of sp³-hybridized carbons (Fsp3) is 0.448. The molecule has 1 amide bonds. The molecule has 2 aromatic carbocycles. The van der Waals surface area contributed by atoms with E-state index in [0.717, 1.165) is 55.5 Å². The predicted molar refractivity (Wildman–Crippen MR) is 152 cm³/mol. The Morgan fingerprint density at radius 2 is 1.89 bits per heavy atom. The van der Waals surface area contributed by atoms with E-state index in [1.54, 1.807) is 12.1 Å². The second-order valence-corrected chi connectivity index (χ2v) is 11.8. The summed E-state index contributed by atoms with van der Waals surface area (Å²) < 4.78 is 5.42. The Kier molecular flexibility index (Phi) is 8.00. The Hall–Kier alpha value is -2.58. The number of ether oxygens (including phenoxy) is 1. The van der Waals surface area contributed by atoms with Gasteiger partial charge in [-0.3, -0.25) is 14.5 Å². The number of carbonyl (C=O) groups excluding carboxylic acids is 2. The Morgan fingerprint density at radius 3 is 2.66 bits per heavy atom. The molecule has 2 aliphatic heterocycles. The van der Waals surface area contributed by atoms with Gasteiger partial charge in [0.2, 0.25) is 5.91 Å². The number of benzene rings is 2. The van der Waals surface area contributed by atoms with Crippen LogP contribution in [-0.2, 0) is 14.3 Å². The van der Waals surface area contributed by atoms with Crippen LogP contribution < -0.4 is 15.5 Å². The van der Waals surface area contributed by atoms with Gasteiger partial charge in [-0.05, 0) is 41.7 Å². The van der Waals surface area contributed by atoms with Gasteiger partial charge in [0.15, 0.2) is 5.78 Å². The number of ketones is 1. The minimum Gasteiger partial charge on any atom is -0.379 e. The van der Waals surface area contributed by atoms with Gasteiger partial charge in [0.05, 0.1) is 37.2 Å². The summed E-state index contributed by atoms with van der Waals surface area (Å²) in [4.78, 5) is 31.4. The largest absolute Gasteiger partial charge is 0.379 e. The van der Waals surface area contributed by atoms with Crippen LogP contribution in [0.2, 0.25) is 10.0 Å². The number of fused-ring (bicyclic) bond motifs is 1. The Balaban J connectivity index is 1.52. The van der Waals surface area contributed by atoms with E-state index in [1.165, 1.54) is 0 Å². The van der Waals surface area contributed by atoms with Crippen molar-refractivity contribution in [2.24, 2.45) is 5.41 Å². The van der Waals surface area contributed by atoms with Crippen molar-refractivity contribution in [2.45, 2.75) is 32.7 Å². The van der Waals surface area contributed by atoms with E-state index in [0.29, 0.717) is 35.0 Å². The molecular formula is C29H34Cl2N4O3. The third-order valence-electron chi connectivity index (χ3n) is 7.43. The molecule has 5 rings (SSSR count). The van der Waals surface area contributed by atoms with Crippen molar-refractivity contribution in [3.05, 3.63) is 69.3 Å². The highest BCUT2D eigenvalue weighted by molar-refractivity contribution is 6.35. The second kappa shape index (κ2) is 11.3. The first-order valence-electron chi connectivity index (χ1n) is 13.1. The van der Waals surface area contributed by atoms with E-state index in [4.69, 9.17) is 27.9 Å². The van der Waals surface area contributed by atoms with E-state index in [9.17, 15) is 9.59 Å². The van der Waals surface area contributed by atoms with Crippen LogP contribution in [0.3, 0.4) is 0 Å². The first kappa shape index (κ1) is 27.0. The summed E-state index contributed by atoms with van der Waals surface area (Å²) in [5.74, 6) is -0.0546. The number of anilines is 2. The number of hydrogen-bond acceptors (Lipinski definition) is 6. The lowest BCUT2D eigenvalue weighted by Gasteiger charge is -2.38. The molecule has 1 unspecified atom stereocenters. The van der Waals surface area contributed by atoms with Gasteiger partial charge in [-0.25, -0.2) is 0 Å². The maximum absolute atomic E-state index is 13.8. The zero-order valence-electron chi connectivity index (χ0n) is 21.9. The molecule has 1 fully saturated rings. The normalized spacial score (nSPS) is 21.3. The average Bonchev–Trinajstić information content (AvgIpc) is 2.98. The quantitative estimate of drug-likeness (QED) is 0.518. The van der Waals surface area contributed by atoms with Crippen LogP contribution in [0, 0.1) is 5.41 Å². The maximum atomic E-state index is 13.8. The fourth-order valence-electron chi connectivity index (χ4n) is 5.66. The number of hydrogen-bond donors (Lipinski definition) is 2. The third kappa shape index (κ3) is 5.86. The summed E-state index contributed by atoms with van der Waals surface area (Å²) in [6.07, 6.45) is 1.13. The van der Waals surface area contributed by atoms with Gasteiger partial charge in [-0.15, -0.1) is 0 Å². The number of morpholine rings is 1. The van der Waals surface area contributed by atoms with Crippen molar-refractivity contribution in [3.63, 3.8) is 0 Å². The lowest BCUT2D eigenvalue weighted by Crippen LogP contribution is -2.45. The Bertz CT molecular complexity index is 1260. The van der Waals surface area contributed by atoms with Crippen molar-refractivity contribution < 1.29 is 14.3 Å². The molecule has 7 nitrogen and oxygen atoms in total.